The first-order chi connectivity index (χ1) is 22.9. The van der Waals surface area contributed by atoms with E-state index in [1.165, 1.54) is 22.9 Å². The van der Waals surface area contributed by atoms with E-state index >= 15 is 0 Å². The smallest absolute Gasteiger partial charge is 0.274 e. The van der Waals surface area contributed by atoms with E-state index in [4.69, 9.17) is 11.1 Å². The monoisotopic (exact) mass is 865 g/mol. The van der Waals surface area contributed by atoms with E-state index in [0.29, 0.717) is 22.6 Å². The summed E-state index contributed by atoms with van der Waals surface area (Å²) in [6, 6.07) is 11.8. The van der Waals surface area contributed by atoms with Crippen molar-refractivity contribution in [1.82, 2.24) is 24.2 Å². The van der Waals surface area contributed by atoms with Gasteiger partial charge in [-0.05, 0) is 36.4 Å². The first-order valence-electron chi connectivity index (χ1n) is 14.8. The van der Waals surface area contributed by atoms with Crippen LogP contribution in [0.15, 0.2) is 54.9 Å². The molecule has 4 amide bonds. The van der Waals surface area contributed by atoms with Crippen molar-refractivity contribution in [2.75, 3.05) is 51.1 Å². The molecule has 0 spiro atoms. The first-order valence-corrected chi connectivity index (χ1v) is 17.0. The Morgan fingerprint density at radius 2 is 1.33 bits per heavy atom. The van der Waals surface area contributed by atoms with E-state index in [-0.39, 0.29) is 64.8 Å². The first kappa shape index (κ1) is 39.0. The zero-order chi connectivity index (χ0) is 35.0. The predicted molar refractivity (Wildman–Crippen MR) is 203 cm³/mol. The topological polar surface area (TPSA) is 197 Å². The van der Waals surface area contributed by atoms with Crippen LogP contribution in [0.3, 0.4) is 0 Å². The lowest BCUT2D eigenvalue weighted by Gasteiger charge is -2.23. The fourth-order valence-corrected chi connectivity index (χ4v) is 5.69. The normalized spacial score (nSPS) is 10.6. The van der Waals surface area contributed by atoms with Crippen LogP contribution in [0.1, 0.15) is 48.2 Å². The van der Waals surface area contributed by atoms with Crippen molar-refractivity contribution in [2.45, 2.75) is 6.42 Å². The Labute approximate surface area is 310 Å². The molecular formula is C31H38Br3N11O4. The SMILES string of the molecule is Br.Cn1cc(NC(=O)c2cc(NC(=O)c3cc(NC(=O)c4ccc(N(CCBr)CCBr)cc4)nn3C)cn2C)cc1C(=O)NCCC(=N)N. The van der Waals surface area contributed by atoms with Crippen molar-refractivity contribution in [3.05, 3.63) is 77.5 Å². The summed E-state index contributed by atoms with van der Waals surface area (Å²) >= 11 is 6.94. The Hall–Kier alpha value is -4.42. The van der Waals surface area contributed by atoms with Crippen molar-refractivity contribution in [3.8, 4) is 0 Å². The number of benzene rings is 1. The maximum Gasteiger partial charge on any atom is 0.274 e. The number of nitrogens with one attached hydrogen (secondary N) is 5. The molecule has 0 atom stereocenters. The minimum atomic E-state index is -0.491. The van der Waals surface area contributed by atoms with Crippen LogP contribution in [0.25, 0.3) is 0 Å². The molecule has 49 heavy (non-hydrogen) atoms. The van der Waals surface area contributed by atoms with E-state index in [1.807, 2.05) is 12.1 Å². The Balaban J connectivity index is 0.00000650. The number of amides is 4. The van der Waals surface area contributed by atoms with Crippen LogP contribution >= 0.6 is 48.8 Å². The fraction of sp³-hybridized carbons (Fsp3) is 0.290. The molecule has 1 aromatic carbocycles. The van der Waals surface area contributed by atoms with Gasteiger partial charge in [-0.25, -0.2) is 0 Å². The van der Waals surface area contributed by atoms with Gasteiger partial charge < -0.3 is 41.0 Å². The van der Waals surface area contributed by atoms with Gasteiger partial charge in [0.05, 0.1) is 17.2 Å². The summed E-state index contributed by atoms with van der Waals surface area (Å²) in [6.45, 7) is 1.88. The molecule has 0 radical (unpaired) electrons. The molecule has 3 heterocycles. The average Bonchev–Trinajstić information content (AvgIpc) is 3.71. The Bertz CT molecular complexity index is 1810. The molecule has 3 aromatic heterocycles. The molecule has 7 N–H and O–H groups in total. The van der Waals surface area contributed by atoms with Gasteiger partial charge in [-0.3, -0.25) is 29.3 Å². The van der Waals surface area contributed by atoms with Gasteiger partial charge in [0.25, 0.3) is 23.6 Å². The molecule has 4 aromatic rings. The van der Waals surface area contributed by atoms with Crippen LogP contribution in [0, 0.1) is 5.41 Å². The number of nitrogens with zero attached hydrogens (tertiary/aromatic N) is 5. The largest absolute Gasteiger partial charge is 0.388 e. The Kier molecular flexibility index (Phi) is 14.2. The third-order valence-corrected chi connectivity index (χ3v) is 7.94. The molecule has 0 unspecified atom stereocenters. The summed E-state index contributed by atoms with van der Waals surface area (Å²) in [5.41, 5.74) is 8.31. The van der Waals surface area contributed by atoms with Crippen molar-refractivity contribution < 1.29 is 19.2 Å². The van der Waals surface area contributed by atoms with Gasteiger partial charge in [0.15, 0.2) is 5.82 Å². The lowest BCUT2D eigenvalue weighted by molar-refractivity contribution is 0.0944. The van der Waals surface area contributed by atoms with Crippen LogP contribution < -0.4 is 31.9 Å². The quantitative estimate of drug-likeness (QED) is 0.0588. The van der Waals surface area contributed by atoms with Crippen molar-refractivity contribution in [3.63, 3.8) is 0 Å². The number of nitrogens with two attached hydrogens (primary N) is 1. The molecule has 4 rings (SSSR count). The van der Waals surface area contributed by atoms with Gasteiger partial charge in [-0.15, -0.1) is 17.0 Å². The fourth-order valence-electron chi connectivity index (χ4n) is 4.84. The minimum Gasteiger partial charge on any atom is -0.388 e. The molecule has 0 fully saturated rings. The second kappa shape index (κ2) is 17.8. The minimum absolute atomic E-state index is 0. The third kappa shape index (κ3) is 10.3. The second-order valence-electron chi connectivity index (χ2n) is 10.8. The Morgan fingerprint density at radius 3 is 1.86 bits per heavy atom. The molecule has 0 aliphatic carbocycles. The number of rotatable bonds is 15. The van der Waals surface area contributed by atoms with E-state index < -0.39 is 11.8 Å². The molecule has 0 saturated heterocycles. The lowest BCUT2D eigenvalue weighted by atomic mass is 10.2. The molecule has 0 aliphatic heterocycles. The summed E-state index contributed by atoms with van der Waals surface area (Å²) in [5, 5.41) is 24.1. The maximum atomic E-state index is 13.1. The van der Waals surface area contributed by atoms with Gasteiger partial charge in [-0.2, -0.15) is 5.10 Å². The number of anilines is 4. The second-order valence-corrected chi connectivity index (χ2v) is 12.4. The summed E-state index contributed by atoms with van der Waals surface area (Å²) in [4.78, 5) is 53.8. The number of carbonyl (C=O) groups excluding carboxylic acids is 4. The number of amidine groups is 1. The van der Waals surface area contributed by atoms with Crippen LogP contribution in [-0.2, 0) is 21.1 Å². The van der Waals surface area contributed by atoms with Gasteiger partial charge in [0.2, 0.25) is 0 Å². The number of aryl methyl sites for hydroxylation is 3. The summed E-state index contributed by atoms with van der Waals surface area (Å²) in [6.07, 6.45) is 3.42. The number of aromatic nitrogens is 4. The number of halogens is 3. The van der Waals surface area contributed by atoms with Crippen molar-refractivity contribution in [1.29, 1.82) is 5.41 Å². The molecular weight excluding hydrogens is 830 g/mol. The van der Waals surface area contributed by atoms with Gasteiger partial charge in [0, 0.05) is 87.6 Å². The summed E-state index contributed by atoms with van der Waals surface area (Å²) in [7, 11) is 4.92. The van der Waals surface area contributed by atoms with Crippen LogP contribution in [0.5, 0.6) is 0 Å². The molecule has 262 valence electrons. The highest BCUT2D eigenvalue weighted by Crippen LogP contribution is 2.20. The highest BCUT2D eigenvalue weighted by molar-refractivity contribution is 9.09. The number of hydrogen-bond donors (Lipinski definition) is 6. The average molecular weight is 868 g/mol. The highest BCUT2D eigenvalue weighted by atomic mass is 79.9. The third-order valence-electron chi connectivity index (χ3n) is 7.23. The molecule has 18 heteroatoms. The number of alkyl halides is 2. The van der Waals surface area contributed by atoms with E-state index in [2.05, 4.69) is 63.1 Å². The summed E-state index contributed by atoms with van der Waals surface area (Å²) < 4.78 is 4.48. The molecule has 0 aliphatic rings. The zero-order valence-electron chi connectivity index (χ0n) is 27.0. The molecule has 0 saturated carbocycles. The van der Waals surface area contributed by atoms with E-state index in [1.54, 1.807) is 54.8 Å². The maximum absolute atomic E-state index is 13.1. The van der Waals surface area contributed by atoms with Gasteiger partial charge in [0.1, 0.15) is 17.1 Å². The van der Waals surface area contributed by atoms with Crippen LogP contribution in [-0.4, -0.2) is 78.7 Å². The lowest BCUT2D eigenvalue weighted by Crippen LogP contribution is -2.28. The predicted octanol–water partition coefficient (Wildman–Crippen LogP) is 4.08. The standard InChI is InChI=1S/C31H37Br2N11O4.BrH/c1-41-17-20(14-23(41)29(46)36-11-8-26(34)35)37-30(47)24-15-21(18-42(24)2)38-31(48)25-16-27(40-43(25)3)39-28(45)19-4-6-22(7-5-19)44(12-9-32)13-10-33;/h4-7,14-18H,8-13H2,1-3H3,(H3,34,35)(H,36,46)(H,37,47)(H,38,48)(H,39,40,45);1H. The highest BCUT2D eigenvalue weighted by Gasteiger charge is 2.20. The summed E-state index contributed by atoms with van der Waals surface area (Å²) in [5.74, 6) is -1.50. The van der Waals surface area contributed by atoms with Crippen LogP contribution in [0.2, 0.25) is 0 Å². The number of carbonyl (C=O) groups is 4. The van der Waals surface area contributed by atoms with Gasteiger partial charge >= 0.3 is 0 Å². The van der Waals surface area contributed by atoms with E-state index in [9.17, 15) is 19.2 Å². The zero-order valence-corrected chi connectivity index (χ0v) is 31.9. The van der Waals surface area contributed by atoms with Crippen molar-refractivity contribution >= 4 is 101 Å². The Morgan fingerprint density at radius 1 is 0.796 bits per heavy atom. The van der Waals surface area contributed by atoms with E-state index in [0.717, 1.165) is 29.4 Å². The number of hydrogen-bond acceptors (Lipinski definition) is 7. The van der Waals surface area contributed by atoms with Crippen molar-refractivity contribution in [2.24, 2.45) is 26.9 Å². The molecule has 15 nitrogen and oxygen atoms in total. The van der Waals surface area contributed by atoms with Gasteiger partial charge in [-0.1, -0.05) is 31.9 Å². The van der Waals surface area contributed by atoms with Crippen LogP contribution in [0.4, 0.5) is 22.9 Å². The molecule has 0 bridgehead atoms.